The summed E-state index contributed by atoms with van der Waals surface area (Å²) in [5, 5.41) is 18.8. The Morgan fingerprint density at radius 3 is 2.54 bits per heavy atom. The second-order valence-corrected chi connectivity index (χ2v) is 10.3. The van der Waals surface area contributed by atoms with Crippen molar-refractivity contribution in [1.29, 1.82) is 0 Å². The number of hydrogen-bond donors (Lipinski definition) is 2. The molecule has 2 atom stereocenters. The SMILES string of the molecule is Nc1nnc(-c2ccccc2O)cc1N1CC2CCC(C1)N2c1ccnc(C#CCN2CCCCC2)c1. The quantitative estimate of drug-likeness (QED) is 0.531. The molecule has 2 unspecified atom stereocenters. The molecule has 3 N–H and O–H groups in total. The van der Waals surface area contributed by atoms with Gasteiger partial charge in [0.2, 0.25) is 0 Å². The predicted molar refractivity (Wildman–Crippen MR) is 146 cm³/mol. The van der Waals surface area contributed by atoms with Gasteiger partial charge in [-0.25, -0.2) is 4.98 Å². The summed E-state index contributed by atoms with van der Waals surface area (Å²) in [6.07, 6.45) is 8.04. The van der Waals surface area contributed by atoms with Crippen LogP contribution in [-0.4, -0.2) is 70.0 Å². The number of phenolic OH excluding ortho intramolecular Hbond substituents is 1. The van der Waals surface area contributed by atoms with Gasteiger partial charge in [-0.15, -0.1) is 10.2 Å². The fraction of sp³-hybridized carbons (Fsp3) is 0.414. The van der Waals surface area contributed by atoms with Gasteiger partial charge >= 0.3 is 0 Å². The van der Waals surface area contributed by atoms with Crippen LogP contribution < -0.4 is 15.5 Å². The Hall–Kier alpha value is -3.83. The monoisotopic (exact) mass is 495 g/mol. The summed E-state index contributed by atoms with van der Waals surface area (Å²) in [6.45, 7) is 4.83. The van der Waals surface area contributed by atoms with E-state index in [-0.39, 0.29) is 5.75 Å². The minimum Gasteiger partial charge on any atom is -0.507 e. The molecular formula is C29H33N7O. The van der Waals surface area contributed by atoms with Crippen LogP contribution in [-0.2, 0) is 0 Å². The number of aromatic hydroxyl groups is 1. The number of benzene rings is 1. The van der Waals surface area contributed by atoms with E-state index in [1.807, 2.05) is 24.4 Å². The number of fused-ring (bicyclic) bond motifs is 2. The zero-order valence-electron chi connectivity index (χ0n) is 21.1. The molecule has 3 fully saturated rings. The van der Waals surface area contributed by atoms with Gasteiger partial charge < -0.3 is 20.6 Å². The summed E-state index contributed by atoms with van der Waals surface area (Å²) in [4.78, 5) is 11.8. The standard InChI is InChI=1S/C29H33N7O/c30-29-27(18-26(32-33-29)25-8-2-3-9-28(25)37)35-19-23-10-11-24(20-35)36(23)22-12-13-31-21(17-22)7-6-16-34-14-4-1-5-15-34/h2-3,8-9,12-13,17-18,23-24,37H,1,4-5,10-11,14-16,19-20H2,(H2,30,33). The van der Waals surface area contributed by atoms with Crippen molar-refractivity contribution < 1.29 is 5.11 Å². The van der Waals surface area contributed by atoms with Crippen LogP contribution in [0.2, 0.25) is 0 Å². The molecule has 37 heavy (non-hydrogen) atoms. The van der Waals surface area contributed by atoms with E-state index in [0.29, 0.717) is 29.2 Å². The first kappa shape index (κ1) is 23.6. The maximum Gasteiger partial charge on any atom is 0.169 e. The molecule has 190 valence electrons. The first-order valence-electron chi connectivity index (χ1n) is 13.3. The number of phenols is 1. The van der Waals surface area contributed by atoms with Crippen LogP contribution in [0.3, 0.4) is 0 Å². The van der Waals surface area contributed by atoms with Crippen molar-refractivity contribution in [2.24, 2.45) is 0 Å². The summed E-state index contributed by atoms with van der Waals surface area (Å²) in [7, 11) is 0. The van der Waals surface area contributed by atoms with Crippen molar-refractivity contribution >= 4 is 17.2 Å². The smallest absolute Gasteiger partial charge is 0.169 e. The van der Waals surface area contributed by atoms with E-state index in [4.69, 9.17) is 5.73 Å². The van der Waals surface area contributed by atoms with Crippen molar-refractivity contribution in [2.45, 2.75) is 44.2 Å². The molecule has 3 saturated heterocycles. The molecule has 2 bridgehead atoms. The van der Waals surface area contributed by atoms with E-state index in [1.54, 1.807) is 12.1 Å². The molecule has 6 rings (SSSR count). The van der Waals surface area contributed by atoms with E-state index in [9.17, 15) is 5.11 Å². The largest absolute Gasteiger partial charge is 0.507 e. The zero-order chi connectivity index (χ0) is 25.2. The molecule has 0 radical (unpaired) electrons. The van der Waals surface area contributed by atoms with Crippen molar-refractivity contribution in [1.82, 2.24) is 20.1 Å². The van der Waals surface area contributed by atoms with Crippen LogP contribution >= 0.6 is 0 Å². The maximum absolute atomic E-state index is 10.3. The summed E-state index contributed by atoms with van der Waals surface area (Å²) in [5.74, 6) is 7.24. The van der Waals surface area contributed by atoms with Crippen LogP contribution in [0.15, 0.2) is 48.7 Å². The third-order valence-electron chi connectivity index (χ3n) is 7.81. The van der Waals surface area contributed by atoms with Gasteiger partial charge in [0.05, 0.1) is 17.9 Å². The number of pyridine rings is 1. The minimum atomic E-state index is 0.185. The topological polar surface area (TPSA) is 94.6 Å². The molecule has 3 aliphatic rings. The van der Waals surface area contributed by atoms with Crippen LogP contribution in [0, 0.1) is 11.8 Å². The molecule has 3 aliphatic heterocycles. The molecule has 1 aromatic carbocycles. The molecule has 8 heteroatoms. The first-order valence-corrected chi connectivity index (χ1v) is 13.3. The number of nitrogen functional groups attached to an aromatic ring is 1. The van der Waals surface area contributed by atoms with Gasteiger partial charge in [0.25, 0.3) is 0 Å². The average molecular weight is 496 g/mol. The lowest BCUT2D eigenvalue weighted by atomic mass is 10.1. The van der Waals surface area contributed by atoms with Gasteiger partial charge in [-0.3, -0.25) is 4.90 Å². The second-order valence-electron chi connectivity index (χ2n) is 10.3. The van der Waals surface area contributed by atoms with Crippen LogP contribution in [0.1, 0.15) is 37.8 Å². The Kier molecular flexibility index (Phi) is 6.54. The number of rotatable bonds is 4. The summed E-state index contributed by atoms with van der Waals surface area (Å²) in [6, 6.07) is 14.1. The third kappa shape index (κ3) is 4.92. The summed E-state index contributed by atoms with van der Waals surface area (Å²) >= 11 is 0. The number of piperazine rings is 1. The Morgan fingerprint density at radius 1 is 0.973 bits per heavy atom. The van der Waals surface area contributed by atoms with E-state index >= 15 is 0 Å². The number of aromatic nitrogens is 3. The van der Waals surface area contributed by atoms with Crippen molar-refractivity contribution in [3.05, 3.63) is 54.4 Å². The predicted octanol–water partition coefficient (Wildman–Crippen LogP) is 3.52. The molecule has 3 aromatic rings. The van der Waals surface area contributed by atoms with Crippen LogP contribution in [0.25, 0.3) is 11.3 Å². The highest BCUT2D eigenvalue weighted by atomic mass is 16.3. The zero-order valence-corrected chi connectivity index (χ0v) is 21.1. The normalized spacial score (nSPS) is 21.5. The van der Waals surface area contributed by atoms with Crippen LogP contribution in [0.5, 0.6) is 5.75 Å². The third-order valence-corrected chi connectivity index (χ3v) is 7.81. The Morgan fingerprint density at radius 2 is 1.76 bits per heavy atom. The van der Waals surface area contributed by atoms with Gasteiger partial charge in [-0.2, -0.15) is 0 Å². The number of piperidine rings is 1. The summed E-state index contributed by atoms with van der Waals surface area (Å²) in [5.41, 5.74) is 10.5. The number of para-hydroxylation sites is 1. The Bertz CT molecular complexity index is 1310. The molecule has 0 amide bonds. The highest BCUT2D eigenvalue weighted by molar-refractivity contribution is 5.74. The van der Waals surface area contributed by atoms with E-state index in [2.05, 4.69) is 53.9 Å². The van der Waals surface area contributed by atoms with Crippen molar-refractivity contribution in [3.63, 3.8) is 0 Å². The van der Waals surface area contributed by atoms with Crippen molar-refractivity contribution in [2.75, 3.05) is 48.3 Å². The molecular weight excluding hydrogens is 462 g/mol. The fourth-order valence-electron chi connectivity index (χ4n) is 6.00. The highest BCUT2D eigenvalue weighted by Crippen LogP contribution is 2.38. The average Bonchev–Trinajstić information content (AvgIpc) is 3.19. The Balaban J connectivity index is 1.19. The number of anilines is 3. The van der Waals surface area contributed by atoms with Gasteiger partial charge in [0.1, 0.15) is 11.4 Å². The molecule has 0 aliphatic carbocycles. The molecule has 0 spiro atoms. The van der Waals surface area contributed by atoms with Gasteiger partial charge in [0, 0.05) is 42.6 Å². The fourth-order valence-corrected chi connectivity index (χ4v) is 6.00. The molecule has 0 saturated carbocycles. The lowest BCUT2D eigenvalue weighted by Gasteiger charge is -2.43. The molecule has 8 nitrogen and oxygen atoms in total. The Labute approximate surface area is 218 Å². The van der Waals surface area contributed by atoms with Crippen LogP contribution in [0.4, 0.5) is 17.2 Å². The van der Waals surface area contributed by atoms with E-state index in [1.165, 1.54) is 24.9 Å². The number of nitrogens with two attached hydrogens (primary N) is 1. The summed E-state index contributed by atoms with van der Waals surface area (Å²) < 4.78 is 0. The first-order chi connectivity index (χ1) is 18.2. The van der Waals surface area contributed by atoms with Crippen molar-refractivity contribution in [3.8, 4) is 28.8 Å². The number of nitrogens with zero attached hydrogens (tertiary/aromatic N) is 6. The van der Waals surface area contributed by atoms with Gasteiger partial charge in [0.15, 0.2) is 5.82 Å². The van der Waals surface area contributed by atoms with E-state index < -0.39 is 0 Å². The maximum atomic E-state index is 10.3. The van der Waals surface area contributed by atoms with Gasteiger partial charge in [-0.1, -0.05) is 24.5 Å². The minimum absolute atomic E-state index is 0.185. The molecule has 2 aromatic heterocycles. The number of likely N-dealkylation sites (tertiary alicyclic amines) is 1. The van der Waals surface area contributed by atoms with E-state index in [0.717, 1.165) is 56.9 Å². The second kappa shape index (κ2) is 10.3. The lowest BCUT2D eigenvalue weighted by Crippen LogP contribution is -2.54. The highest BCUT2D eigenvalue weighted by Gasteiger charge is 2.40. The molecule has 5 heterocycles. The number of hydrogen-bond acceptors (Lipinski definition) is 8. The van der Waals surface area contributed by atoms with Gasteiger partial charge in [-0.05, 0) is 75.0 Å². The lowest BCUT2D eigenvalue weighted by molar-refractivity contribution is 0.255.